The first-order valence-corrected chi connectivity index (χ1v) is 5.39. The molecule has 0 saturated heterocycles. The normalized spacial score (nSPS) is 13.4. The molecule has 1 N–H and O–H groups in total. The monoisotopic (exact) mass is 225 g/mol. The van der Waals surface area contributed by atoms with Crippen molar-refractivity contribution < 1.29 is 9.90 Å². The van der Waals surface area contributed by atoms with E-state index in [4.69, 9.17) is 5.11 Å². The fourth-order valence-corrected chi connectivity index (χ4v) is 1.33. The molecular formula is C11H19N3O2. The van der Waals surface area contributed by atoms with Crippen LogP contribution in [0.2, 0.25) is 0 Å². The summed E-state index contributed by atoms with van der Waals surface area (Å²) in [5, 5.41) is 13.2. The highest BCUT2D eigenvalue weighted by molar-refractivity contribution is 5.72. The lowest BCUT2D eigenvalue weighted by molar-refractivity contribution is -0.142. The van der Waals surface area contributed by atoms with Crippen molar-refractivity contribution >= 4 is 5.97 Å². The number of hydrogen-bond donors (Lipinski definition) is 1. The van der Waals surface area contributed by atoms with Gasteiger partial charge in [-0.25, -0.2) is 0 Å². The highest BCUT2D eigenvalue weighted by Gasteiger charge is 2.17. The van der Waals surface area contributed by atoms with E-state index in [1.165, 1.54) is 0 Å². The summed E-state index contributed by atoms with van der Waals surface area (Å²) >= 11 is 0. The molecule has 1 rings (SSSR count). The summed E-state index contributed by atoms with van der Waals surface area (Å²) in [5.74, 6) is -0.814. The second kappa shape index (κ2) is 5.12. The van der Waals surface area contributed by atoms with Crippen LogP contribution >= 0.6 is 0 Å². The standard InChI is InChI=1S/C11H19N3O2/c1-8(2)14-6-5-10(12-14)7-13(4)9(3)11(15)16/h5-6,8-9H,7H2,1-4H3,(H,15,16). The third kappa shape index (κ3) is 3.06. The van der Waals surface area contributed by atoms with Crippen molar-refractivity contribution in [1.82, 2.24) is 14.7 Å². The molecule has 0 amide bonds. The number of aliphatic carboxylic acids is 1. The Labute approximate surface area is 95.7 Å². The van der Waals surface area contributed by atoms with Crippen LogP contribution in [-0.4, -0.2) is 38.8 Å². The minimum Gasteiger partial charge on any atom is -0.480 e. The van der Waals surface area contributed by atoms with Crippen molar-refractivity contribution in [1.29, 1.82) is 0 Å². The number of carboxylic acid groups (broad SMARTS) is 1. The van der Waals surface area contributed by atoms with Gasteiger partial charge in [0.15, 0.2) is 0 Å². The van der Waals surface area contributed by atoms with Crippen molar-refractivity contribution in [2.75, 3.05) is 7.05 Å². The van der Waals surface area contributed by atoms with Gasteiger partial charge in [-0.3, -0.25) is 14.4 Å². The summed E-state index contributed by atoms with van der Waals surface area (Å²) in [6, 6.07) is 1.76. The molecule has 5 nitrogen and oxygen atoms in total. The first kappa shape index (κ1) is 12.7. The largest absolute Gasteiger partial charge is 0.480 e. The zero-order chi connectivity index (χ0) is 12.3. The number of carboxylic acids is 1. The highest BCUT2D eigenvalue weighted by atomic mass is 16.4. The zero-order valence-electron chi connectivity index (χ0n) is 10.2. The van der Waals surface area contributed by atoms with Crippen LogP contribution < -0.4 is 0 Å². The van der Waals surface area contributed by atoms with E-state index in [9.17, 15) is 4.79 Å². The number of carbonyl (C=O) groups is 1. The predicted octanol–water partition coefficient (Wildman–Crippen LogP) is 1.37. The van der Waals surface area contributed by atoms with E-state index in [-0.39, 0.29) is 0 Å². The van der Waals surface area contributed by atoms with Crippen LogP contribution in [0.3, 0.4) is 0 Å². The highest BCUT2D eigenvalue weighted by Crippen LogP contribution is 2.07. The predicted molar refractivity (Wildman–Crippen MR) is 61.2 cm³/mol. The van der Waals surface area contributed by atoms with Gasteiger partial charge >= 0.3 is 5.97 Å². The maximum Gasteiger partial charge on any atom is 0.320 e. The Kier molecular flexibility index (Phi) is 4.06. The lowest BCUT2D eigenvalue weighted by Gasteiger charge is -2.19. The summed E-state index contributed by atoms with van der Waals surface area (Å²) in [5.41, 5.74) is 0.893. The number of hydrogen-bond acceptors (Lipinski definition) is 3. The van der Waals surface area contributed by atoms with Crippen LogP contribution in [0.4, 0.5) is 0 Å². The summed E-state index contributed by atoms with van der Waals surface area (Å²) in [6.07, 6.45) is 1.92. The molecule has 1 heterocycles. The third-order valence-corrected chi connectivity index (χ3v) is 2.62. The maximum atomic E-state index is 10.8. The summed E-state index contributed by atoms with van der Waals surface area (Å²) < 4.78 is 1.87. The van der Waals surface area contributed by atoms with Gasteiger partial charge in [-0.2, -0.15) is 5.10 Å². The first-order valence-electron chi connectivity index (χ1n) is 5.39. The van der Waals surface area contributed by atoms with Crippen LogP contribution in [0.1, 0.15) is 32.5 Å². The molecule has 0 saturated carbocycles. The fraction of sp³-hybridized carbons (Fsp3) is 0.636. The maximum absolute atomic E-state index is 10.8. The number of nitrogens with zero attached hydrogens (tertiary/aromatic N) is 3. The van der Waals surface area contributed by atoms with Gasteiger partial charge in [0, 0.05) is 18.8 Å². The average molecular weight is 225 g/mol. The Morgan fingerprint density at radius 1 is 1.56 bits per heavy atom. The van der Waals surface area contributed by atoms with Gasteiger partial charge in [-0.15, -0.1) is 0 Å². The molecule has 0 aliphatic heterocycles. The molecule has 0 fully saturated rings. The molecule has 1 unspecified atom stereocenters. The second-order valence-electron chi connectivity index (χ2n) is 4.31. The van der Waals surface area contributed by atoms with Gasteiger partial charge in [0.2, 0.25) is 0 Å². The first-order chi connectivity index (χ1) is 7.41. The lowest BCUT2D eigenvalue weighted by Crippen LogP contribution is -2.35. The Hall–Kier alpha value is -1.36. The molecule has 90 valence electrons. The van der Waals surface area contributed by atoms with Crippen LogP contribution in [0.25, 0.3) is 0 Å². The van der Waals surface area contributed by atoms with Gasteiger partial charge < -0.3 is 5.11 Å². The van der Waals surface area contributed by atoms with Crippen molar-refractivity contribution in [3.05, 3.63) is 18.0 Å². The summed E-state index contributed by atoms with van der Waals surface area (Å²) in [7, 11) is 1.78. The van der Waals surface area contributed by atoms with E-state index in [0.29, 0.717) is 12.6 Å². The second-order valence-corrected chi connectivity index (χ2v) is 4.31. The van der Waals surface area contributed by atoms with E-state index in [0.717, 1.165) is 5.69 Å². The average Bonchev–Trinajstić information content (AvgIpc) is 2.64. The molecule has 0 aliphatic rings. The molecule has 1 aromatic rings. The van der Waals surface area contributed by atoms with E-state index in [1.54, 1.807) is 18.9 Å². The molecule has 5 heteroatoms. The smallest absolute Gasteiger partial charge is 0.320 e. The van der Waals surface area contributed by atoms with Gasteiger partial charge in [-0.05, 0) is 33.9 Å². The number of rotatable bonds is 5. The Bertz CT molecular complexity index is 360. The molecule has 1 aromatic heterocycles. The molecular weight excluding hydrogens is 206 g/mol. The van der Waals surface area contributed by atoms with Crippen molar-refractivity contribution in [2.24, 2.45) is 0 Å². The van der Waals surface area contributed by atoms with Gasteiger partial charge in [-0.1, -0.05) is 0 Å². The van der Waals surface area contributed by atoms with Crippen molar-refractivity contribution in [2.45, 2.75) is 39.4 Å². The van der Waals surface area contributed by atoms with Gasteiger partial charge in [0.1, 0.15) is 6.04 Å². The van der Waals surface area contributed by atoms with E-state index >= 15 is 0 Å². The van der Waals surface area contributed by atoms with E-state index in [1.807, 2.05) is 16.9 Å². The quantitative estimate of drug-likeness (QED) is 0.822. The van der Waals surface area contributed by atoms with Crippen LogP contribution in [0, 0.1) is 0 Å². The molecule has 0 aliphatic carbocycles. The molecule has 0 bridgehead atoms. The van der Waals surface area contributed by atoms with E-state index < -0.39 is 12.0 Å². The van der Waals surface area contributed by atoms with Gasteiger partial charge in [0.25, 0.3) is 0 Å². The fourth-order valence-electron chi connectivity index (χ4n) is 1.33. The molecule has 1 atom stereocenters. The Balaban J connectivity index is 2.62. The Morgan fingerprint density at radius 2 is 2.19 bits per heavy atom. The van der Waals surface area contributed by atoms with Gasteiger partial charge in [0.05, 0.1) is 5.69 Å². The molecule has 0 spiro atoms. The SMILES string of the molecule is CC(C(=O)O)N(C)Cc1ccn(C(C)C)n1. The Morgan fingerprint density at radius 3 is 2.62 bits per heavy atom. The molecule has 16 heavy (non-hydrogen) atoms. The van der Waals surface area contributed by atoms with Crippen molar-refractivity contribution in [3.8, 4) is 0 Å². The van der Waals surface area contributed by atoms with E-state index in [2.05, 4.69) is 18.9 Å². The van der Waals surface area contributed by atoms with Crippen LogP contribution in [0.15, 0.2) is 12.3 Å². The molecule has 0 aromatic carbocycles. The number of likely N-dealkylation sites (N-methyl/N-ethyl adjacent to an activating group) is 1. The lowest BCUT2D eigenvalue weighted by atomic mass is 10.3. The topological polar surface area (TPSA) is 58.4 Å². The van der Waals surface area contributed by atoms with Crippen molar-refractivity contribution in [3.63, 3.8) is 0 Å². The minimum atomic E-state index is -0.814. The number of aromatic nitrogens is 2. The van der Waals surface area contributed by atoms with Crippen LogP contribution in [0.5, 0.6) is 0 Å². The zero-order valence-corrected chi connectivity index (χ0v) is 10.2. The summed E-state index contributed by atoms with van der Waals surface area (Å²) in [6.45, 7) is 6.33. The minimum absolute atomic E-state index is 0.330. The molecule has 0 radical (unpaired) electrons. The van der Waals surface area contributed by atoms with Crippen LogP contribution in [-0.2, 0) is 11.3 Å². The third-order valence-electron chi connectivity index (χ3n) is 2.62. The summed E-state index contributed by atoms with van der Waals surface area (Å²) in [4.78, 5) is 12.5.